The van der Waals surface area contributed by atoms with Crippen LogP contribution in [0.1, 0.15) is 15.9 Å². The van der Waals surface area contributed by atoms with Gasteiger partial charge in [0, 0.05) is 11.0 Å². The Balaban J connectivity index is 1.46. The number of nitrogens with one attached hydrogen (secondary N) is 1. The maximum absolute atomic E-state index is 12.9. The van der Waals surface area contributed by atoms with E-state index in [-0.39, 0.29) is 11.5 Å². The molecule has 0 aliphatic carbocycles. The van der Waals surface area contributed by atoms with Crippen molar-refractivity contribution in [3.05, 3.63) is 80.9 Å². The number of benzene rings is 2. The highest BCUT2D eigenvalue weighted by atomic mass is 79.9. The molecule has 4 rings (SSSR count). The van der Waals surface area contributed by atoms with Crippen LogP contribution in [0.2, 0.25) is 0 Å². The number of methoxy groups -OCH3 is 2. The predicted octanol–water partition coefficient (Wildman–Crippen LogP) is 2.85. The van der Waals surface area contributed by atoms with Crippen molar-refractivity contribution in [2.75, 3.05) is 20.8 Å². The predicted molar refractivity (Wildman–Crippen MR) is 127 cm³/mol. The van der Waals surface area contributed by atoms with E-state index in [1.54, 1.807) is 27.4 Å². The minimum absolute atomic E-state index is 0.167. The largest absolute Gasteiger partial charge is 0.493 e. The lowest BCUT2D eigenvalue weighted by molar-refractivity contribution is 0.0948. The minimum Gasteiger partial charge on any atom is -0.493 e. The standard InChI is InChI=1S/C23H22BrN5O4/c1-32-19-5-3-4-17(20(19)33-2)22(30)25-10-11-29-21-18(12-27-29)23(31)28(14-26-21)13-15-6-8-16(24)9-7-15/h3-9,12,14H,10-11,13H2,1-2H3,(H,25,30). The average molecular weight is 512 g/mol. The number of carbonyl (C=O) groups is 1. The molecule has 1 N–H and O–H groups in total. The Hall–Kier alpha value is -3.66. The second-order valence-corrected chi connectivity index (χ2v) is 8.12. The van der Waals surface area contributed by atoms with Gasteiger partial charge in [-0.05, 0) is 29.8 Å². The summed E-state index contributed by atoms with van der Waals surface area (Å²) in [5.74, 6) is 0.550. The molecule has 0 unspecified atom stereocenters. The monoisotopic (exact) mass is 511 g/mol. The summed E-state index contributed by atoms with van der Waals surface area (Å²) in [6, 6.07) is 12.9. The van der Waals surface area contributed by atoms with Crippen molar-refractivity contribution in [1.29, 1.82) is 0 Å². The second kappa shape index (κ2) is 9.86. The van der Waals surface area contributed by atoms with Gasteiger partial charge in [-0.15, -0.1) is 0 Å². The lowest BCUT2D eigenvalue weighted by atomic mass is 10.1. The molecular weight excluding hydrogens is 490 g/mol. The molecule has 4 aromatic rings. The maximum atomic E-state index is 12.9. The van der Waals surface area contributed by atoms with E-state index in [4.69, 9.17) is 9.47 Å². The van der Waals surface area contributed by atoms with E-state index in [0.717, 1.165) is 10.0 Å². The van der Waals surface area contributed by atoms with Crippen molar-refractivity contribution in [2.45, 2.75) is 13.1 Å². The van der Waals surface area contributed by atoms with Crippen LogP contribution in [0.5, 0.6) is 11.5 Å². The van der Waals surface area contributed by atoms with Gasteiger partial charge in [0.1, 0.15) is 11.7 Å². The Labute approximate surface area is 198 Å². The molecule has 0 bridgehead atoms. The Kier molecular flexibility index (Phi) is 6.74. The Morgan fingerprint density at radius 3 is 2.64 bits per heavy atom. The number of ether oxygens (including phenoxy) is 2. The third-order valence-corrected chi connectivity index (χ3v) is 5.67. The molecule has 0 atom stereocenters. The molecule has 170 valence electrons. The van der Waals surface area contributed by atoms with Gasteiger partial charge in [-0.3, -0.25) is 14.2 Å². The molecule has 2 aromatic carbocycles. The fourth-order valence-electron chi connectivity index (χ4n) is 3.50. The van der Waals surface area contributed by atoms with Crippen LogP contribution in [0.3, 0.4) is 0 Å². The van der Waals surface area contributed by atoms with Crippen LogP contribution in [0, 0.1) is 0 Å². The number of para-hydroxylation sites is 1. The summed E-state index contributed by atoms with van der Waals surface area (Å²) in [5, 5.41) is 7.55. The number of nitrogens with zero attached hydrogens (tertiary/aromatic N) is 4. The molecule has 1 amide bonds. The quantitative estimate of drug-likeness (QED) is 0.390. The molecule has 10 heteroatoms. The molecule has 0 aliphatic heterocycles. The number of hydrogen-bond acceptors (Lipinski definition) is 6. The highest BCUT2D eigenvalue weighted by Crippen LogP contribution is 2.30. The summed E-state index contributed by atoms with van der Waals surface area (Å²) in [5.41, 5.74) is 1.67. The van der Waals surface area contributed by atoms with Crippen LogP contribution in [0.25, 0.3) is 11.0 Å². The molecule has 0 fully saturated rings. The summed E-state index contributed by atoms with van der Waals surface area (Å²) >= 11 is 3.41. The number of rotatable bonds is 8. The number of hydrogen-bond donors (Lipinski definition) is 1. The number of aromatic nitrogens is 4. The zero-order chi connectivity index (χ0) is 23.4. The van der Waals surface area contributed by atoms with Gasteiger partial charge in [-0.1, -0.05) is 34.1 Å². The molecule has 0 saturated carbocycles. The highest BCUT2D eigenvalue weighted by molar-refractivity contribution is 9.10. The number of fused-ring (bicyclic) bond motifs is 1. The SMILES string of the molecule is COc1cccc(C(=O)NCCn2ncc3c(=O)n(Cc4ccc(Br)cc4)cnc32)c1OC. The lowest BCUT2D eigenvalue weighted by Crippen LogP contribution is -2.28. The molecule has 2 heterocycles. The van der Waals surface area contributed by atoms with E-state index in [1.807, 2.05) is 24.3 Å². The van der Waals surface area contributed by atoms with E-state index < -0.39 is 0 Å². The first kappa shape index (κ1) is 22.5. The summed E-state index contributed by atoms with van der Waals surface area (Å²) in [6.07, 6.45) is 3.03. The van der Waals surface area contributed by atoms with Gasteiger partial charge < -0.3 is 14.8 Å². The summed E-state index contributed by atoms with van der Waals surface area (Å²) < 4.78 is 14.7. The van der Waals surface area contributed by atoms with Crippen molar-refractivity contribution >= 4 is 32.9 Å². The van der Waals surface area contributed by atoms with Crippen molar-refractivity contribution < 1.29 is 14.3 Å². The van der Waals surface area contributed by atoms with E-state index in [2.05, 4.69) is 31.3 Å². The van der Waals surface area contributed by atoms with Gasteiger partial charge in [-0.2, -0.15) is 5.10 Å². The van der Waals surface area contributed by atoms with Crippen molar-refractivity contribution in [2.24, 2.45) is 0 Å². The smallest absolute Gasteiger partial charge is 0.264 e. The van der Waals surface area contributed by atoms with E-state index in [0.29, 0.717) is 47.7 Å². The van der Waals surface area contributed by atoms with Gasteiger partial charge in [0.15, 0.2) is 17.1 Å². The first-order valence-electron chi connectivity index (χ1n) is 10.2. The van der Waals surface area contributed by atoms with Gasteiger partial charge in [0.2, 0.25) is 0 Å². The fraction of sp³-hybridized carbons (Fsp3) is 0.217. The summed E-state index contributed by atoms with van der Waals surface area (Å²) in [7, 11) is 3.00. The lowest BCUT2D eigenvalue weighted by Gasteiger charge is -2.12. The number of carbonyl (C=O) groups excluding carboxylic acids is 1. The normalized spacial score (nSPS) is 10.9. The van der Waals surface area contributed by atoms with Gasteiger partial charge in [-0.25, -0.2) is 9.67 Å². The van der Waals surface area contributed by atoms with E-state index >= 15 is 0 Å². The van der Waals surface area contributed by atoms with Crippen LogP contribution in [-0.4, -0.2) is 46.0 Å². The highest BCUT2D eigenvalue weighted by Gasteiger charge is 2.16. The van der Waals surface area contributed by atoms with E-state index in [9.17, 15) is 9.59 Å². The summed E-state index contributed by atoms with van der Waals surface area (Å²) in [6.45, 7) is 1.06. The third-order valence-electron chi connectivity index (χ3n) is 5.15. The first-order chi connectivity index (χ1) is 16.0. The number of amides is 1. The maximum Gasteiger partial charge on any atom is 0.264 e. The Morgan fingerprint density at radius 2 is 1.91 bits per heavy atom. The van der Waals surface area contributed by atoms with Gasteiger partial charge in [0.25, 0.3) is 11.5 Å². The molecule has 0 saturated heterocycles. The van der Waals surface area contributed by atoms with Crippen LogP contribution in [-0.2, 0) is 13.1 Å². The topological polar surface area (TPSA) is 100 Å². The third kappa shape index (κ3) is 4.75. The summed E-state index contributed by atoms with van der Waals surface area (Å²) in [4.78, 5) is 29.9. The van der Waals surface area contributed by atoms with Crippen LogP contribution >= 0.6 is 15.9 Å². The second-order valence-electron chi connectivity index (χ2n) is 7.21. The zero-order valence-corrected chi connectivity index (χ0v) is 19.7. The van der Waals surface area contributed by atoms with Crippen LogP contribution < -0.4 is 20.3 Å². The van der Waals surface area contributed by atoms with Gasteiger partial charge in [0.05, 0.1) is 39.1 Å². The molecule has 0 aliphatic rings. The van der Waals surface area contributed by atoms with Crippen molar-refractivity contribution in [3.8, 4) is 11.5 Å². The van der Waals surface area contributed by atoms with Crippen molar-refractivity contribution in [1.82, 2.24) is 24.6 Å². The van der Waals surface area contributed by atoms with Crippen LogP contribution in [0.15, 0.2) is 64.3 Å². The minimum atomic E-state index is -0.299. The van der Waals surface area contributed by atoms with Gasteiger partial charge >= 0.3 is 0 Å². The average Bonchev–Trinajstić information content (AvgIpc) is 3.25. The van der Waals surface area contributed by atoms with Crippen molar-refractivity contribution in [3.63, 3.8) is 0 Å². The Bertz CT molecular complexity index is 1350. The fourth-order valence-corrected chi connectivity index (χ4v) is 3.76. The first-order valence-corrected chi connectivity index (χ1v) is 11.0. The number of halogens is 1. The van der Waals surface area contributed by atoms with Crippen LogP contribution in [0.4, 0.5) is 0 Å². The molecule has 33 heavy (non-hydrogen) atoms. The van der Waals surface area contributed by atoms with E-state index in [1.165, 1.54) is 26.7 Å². The Morgan fingerprint density at radius 1 is 1.12 bits per heavy atom. The molecule has 9 nitrogen and oxygen atoms in total. The molecule has 0 radical (unpaired) electrons. The molecular formula is C23H22BrN5O4. The zero-order valence-electron chi connectivity index (χ0n) is 18.1. The molecule has 2 aromatic heterocycles. The molecule has 0 spiro atoms.